The van der Waals surface area contributed by atoms with Crippen LogP contribution in [0.15, 0.2) is 24.3 Å². The standard InChI is InChI=1S/C21H27N5O2/c1-14-10-15(2)13-26(12-14)20-19(16(11-22)21(27)23-8-9-28-3)24-17-6-4-5-7-18(17)25-20/h4-7,14-16H,8-10,12-13H2,1-3H3,(H,23,27)/t14-,15-,16-/m0/s1. The Morgan fingerprint density at radius 1 is 1.29 bits per heavy atom. The highest BCUT2D eigenvalue weighted by Crippen LogP contribution is 2.31. The molecular weight excluding hydrogens is 354 g/mol. The number of fused-ring (bicyclic) bond motifs is 1. The summed E-state index contributed by atoms with van der Waals surface area (Å²) in [6.07, 6.45) is 1.16. The van der Waals surface area contributed by atoms with E-state index in [4.69, 9.17) is 14.7 Å². The van der Waals surface area contributed by atoms with E-state index in [0.29, 0.717) is 42.0 Å². The molecule has 1 amide bonds. The van der Waals surface area contributed by atoms with Crippen LogP contribution in [0.25, 0.3) is 11.0 Å². The van der Waals surface area contributed by atoms with Crippen molar-refractivity contribution in [1.82, 2.24) is 15.3 Å². The summed E-state index contributed by atoms with van der Waals surface area (Å²) >= 11 is 0. The Morgan fingerprint density at radius 3 is 2.54 bits per heavy atom. The number of amides is 1. The van der Waals surface area contributed by atoms with Crippen molar-refractivity contribution in [1.29, 1.82) is 5.26 Å². The summed E-state index contributed by atoms with van der Waals surface area (Å²) in [7, 11) is 1.57. The number of nitrogens with zero attached hydrogens (tertiary/aromatic N) is 4. The maximum Gasteiger partial charge on any atom is 0.243 e. The number of nitriles is 1. The number of carbonyl (C=O) groups excluding carboxylic acids is 1. The molecule has 1 N–H and O–H groups in total. The fourth-order valence-corrected chi connectivity index (χ4v) is 3.89. The molecule has 0 bridgehead atoms. The van der Waals surface area contributed by atoms with E-state index in [1.54, 1.807) is 7.11 Å². The van der Waals surface area contributed by atoms with Gasteiger partial charge in [0.05, 0.1) is 23.7 Å². The zero-order valence-electron chi connectivity index (χ0n) is 16.7. The molecule has 0 spiro atoms. The zero-order chi connectivity index (χ0) is 20.1. The third kappa shape index (κ3) is 4.39. The second kappa shape index (κ2) is 8.98. The number of hydrogen-bond acceptors (Lipinski definition) is 6. The third-order valence-electron chi connectivity index (χ3n) is 5.02. The summed E-state index contributed by atoms with van der Waals surface area (Å²) in [5.74, 6) is 0.285. The fourth-order valence-electron chi connectivity index (χ4n) is 3.89. The lowest BCUT2D eigenvalue weighted by molar-refractivity contribution is -0.121. The second-order valence-corrected chi connectivity index (χ2v) is 7.62. The van der Waals surface area contributed by atoms with E-state index >= 15 is 0 Å². The summed E-state index contributed by atoms with van der Waals surface area (Å²) in [6.45, 7) is 6.86. The van der Waals surface area contributed by atoms with Gasteiger partial charge in [0.2, 0.25) is 5.91 Å². The van der Waals surface area contributed by atoms with E-state index in [9.17, 15) is 10.1 Å². The van der Waals surface area contributed by atoms with Crippen LogP contribution >= 0.6 is 0 Å². The number of ether oxygens (including phenoxy) is 1. The second-order valence-electron chi connectivity index (χ2n) is 7.62. The molecule has 3 rings (SSSR count). The van der Waals surface area contributed by atoms with Crippen LogP contribution in [0.4, 0.5) is 5.82 Å². The van der Waals surface area contributed by atoms with Gasteiger partial charge >= 0.3 is 0 Å². The lowest BCUT2D eigenvalue weighted by Crippen LogP contribution is -2.41. The minimum Gasteiger partial charge on any atom is -0.383 e. The summed E-state index contributed by atoms with van der Waals surface area (Å²) in [6, 6.07) is 9.69. The number of benzene rings is 1. The van der Waals surface area contributed by atoms with Crippen molar-refractivity contribution >= 4 is 22.8 Å². The average molecular weight is 381 g/mol. The lowest BCUT2D eigenvalue weighted by atomic mass is 9.91. The predicted molar refractivity (Wildman–Crippen MR) is 108 cm³/mol. The van der Waals surface area contributed by atoms with Gasteiger partial charge in [0, 0.05) is 26.7 Å². The first-order chi connectivity index (χ1) is 13.5. The SMILES string of the molecule is COCCNC(=O)[C@@H](C#N)c1nc2ccccc2nc1N1C[C@@H](C)C[C@H](C)C1. The molecule has 1 aliphatic rings. The summed E-state index contributed by atoms with van der Waals surface area (Å²) in [5.41, 5.74) is 1.88. The number of para-hydroxylation sites is 2. The number of piperidine rings is 1. The van der Waals surface area contributed by atoms with Gasteiger partial charge in [0.25, 0.3) is 0 Å². The molecule has 0 saturated carbocycles. The van der Waals surface area contributed by atoms with Crippen LogP contribution < -0.4 is 10.2 Å². The Balaban J connectivity index is 2.03. The molecule has 7 heteroatoms. The summed E-state index contributed by atoms with van der Waals surface area (Å²) in [5, 5.41) is 12.5. The first-order valence-electron chi connectivity index (χ1n) is 9.71. The van der Waals surface area contributed by atoms with Gasteiger partial charge in [-0.2, -0.15) is 5.26 Å². The van der Waals surface area contributed by atoms with Gasteiger partial charge in [-0.25, -0.2) is 9.97 Å². The maximum atomic E-state index is 12.7. The molecule has 28 heavy (non-hydrogen) atoms. The van der Waals surface area contributed by atoms with Crippen LogP contribution in [0.1, 0.15) is 31.9 Å². The molecule has 0 unspecified atom stereocenters. The van der Waals surface area contributed by atoms with Crippen LogP contribution in [0.5, 0.6) is 0 Å². The number of anilines is 1. The molecule has 0 radical (unpaired) electrons. The molecule has 1 saturated heterocycles. The van der Waals surface area contributed by atoms with Crippen LogP contribution in [0.3, 0.4) is 0 Å². The van der Waals surface area contributed by atoms with E-state index in [1.807, 2.05) is 24.3 Å². The Hall–Kier alpha value is -2.72. The number of aromatic nitrogens is 2. The highest BCUT2D eigenvalue weighted by molar-refractivity contribution is 5.88. The van der Waals surface area contributed by atoms with Gasteiger partial charge in [0.1, 0.15) is 5.69 Å². The quantitative estimate of drug-likeness (QED) is 0.773. The minimum atomic E-state index is -1.02. The molecule has 1 aliphatic heterocycles. The normalized spacial score (nSPS) is 20.6. The average Bonchev–Trinajstić information content (AvgIpc) is 2.67. The molecule has 1 aromatic heterocycles. The van der Waals surface area contributed by atoms with Crippen LogP contribution in [0.2, 0.25) is 0 Å². The molecule has 0 aliphatic carbocycles. The number of rotatable bonds is 6. The van der Waals surface area contributed by atoms with Crippen LogP contribution in [-0.2, 0) is 9.53 Å². The zero-order valence-corrected chi connectivity index (χ0v) is 16.7. The molecule has 148 valence electrons. The first-order valence-corrected chi connectivity index (χ1v) is 9.71. The van der Waals surface area contributed by atoms with E-state index in [-0.39, 0.29) is 5.91 Å². The topological polar surface area (TPSA) is 91.1 Å². The summed E-state index contributed by atoms with van der Waals surface area (Å²) in [4.78, 5) is 24.4. The Morgan fingerprint density at radius 2 is 1.93 bits per heavy atom. The maximum absolute atomic E-state index is 12.7. The molecular formula is C21H27N5O2. The first kappa shape index (κ1) is 20.0. The van der Waals surface area contributed by atoms with Gasteiger partial charge in [-0.15, -0.1) is 0 Å². The molecule has 3 atom stereocenters. The van der Waals surface area contributed by atoms with Crippen LogP contribution in [-0.4, -0.2) is 49.2 Å². The fraction of sp³-hybridized carbons (Fsp3) is 0.524. The van der Waals surface area contributed by atoms with Crippen molar-refractivity contribution in [2.45, 2.75) is 26.2 Å². The van der Waals surface area contributed by atoms with Crippen molar-refractivity contribution in [3.8, 4) is 6.07 Å². The van der Waals surface area contributed by atoms with Crippen molar-refractivity contribution in [2.75, 3.05) is 38.3 Å². The number of carbonyl (C=O) groups is 1. The highest BCUT2D eigenvalue weighted by atomic mass is 16.5. The monoisotopic (exact) mass is 381 g/mol. The predicted octanol–water partition coefficient (Wildman–Crippen LogP) is 2.48. The van der Waals surface area contributed by atoms with Crippen molar-refractivity contribution in [2.24, 2.45) is 11.8 Å². The largest absolute Gasteiger partial charge is 0.383 e. The van der Waals surface area contributed by atoms with Crippen molar-refractivity contribution in [3.05, 3.63) is 30.0 Å². The van der Waals surface area contributed by atoms with Gasteiger partial charge in [0.15, 0.2) is 11.7 Å². The number of methoxy groups -OCH3 is 1. The Bertz CT molecular complexity index is 869. The molecule has 1 fully saturated rings. The summed E-state index contributed by atoms with van der Waals surface area (Å²) < 4.78 is 4.98. The van der Waals surface area contributed by atoms with E-state index < -0.39 is 5.92 Å². The van der Waals surface area contributed by atoms with Crippen molar-refractivity contribution < 1.29 is 9.53 Å². The van der Waals surface area contributed by atoms with Crippen LogP contribution in [0, 0.1) is 23.2 Å². The van der Waals surface area contributed by atoms with Gasteiger partial charge in [-0.05, 0) is 30.4 Å². The van der Waals surface area contributed by atoms with E-state index in [2.05, 4.69) is 30.1 Å². The Kier molecular flexibility index (Phi) is 6.42. The van der Waals surface area contributed by atoms with Gasteiger partial charge < -0.3 is 15.0 Å². The smallest absolute Gasteiger partial charge is 0.243 e. The van der Waals surface area contributed by atoms with E-state index in [0.717, 1.165) is 25.0 Å². The Labute approximate surface area is 165 Å². The molecule has 2 aromatic rings. The lowest BCUT2D eigenvalue weighted by Gasteiger charge is -2.36. The molecule has 1 aromatic carbocycles. The van der Waals surface area contributed by atoms with Gasteiger partial charge in [-0.3, -0.25) is 4.79 Å². The highest BCUT2D eigenvalue weighted by Gasteiger charge is 2.31. The third-order valence-corrected chi connectivity index (χ3v) is 5.02. The number of hydrogen-bond donors (Lipinski definition) is 1. The number of nitrogens with one attached hydrogen (secondary N) is 1. The van der Waals surface area contributed by atoms with E-state index in [1.165, 1.54) is 0 Å². The minimum absolute atomic E-state index is 0.349. The van der Waals surface area contributed by atoms with Gasteiger partial charge in [-0.1, -0.05) is 26.0 Å². The molecule has 2 heterocycles. The molecule has 7 nitrogen and oxygen atoms in total. The van der Waals surface area contributed by atoms with Crippen molar-refractivity contribution in [3.63, 3.8) is 0 Å².